The van der Waals surface area contributed by atoms with Crippen LogP contribution in [0.2, 0.25) is 0 Å². The molecule has 0 fully saturated rings. The van der Waals surface area contributed by atoms with Crippen LogP contribution in [-0.4, -0.2) is 22.0 Å². The molecule has 0 saturated heterocycles. The lowest BCUT2D eigenvalue weighted by Crippen LogP contribution is -2.19. The van der Waals surface area contributed by atoms with Crippen LogP contribution in [0.1, 0.15) is 26.4 Å². The SMILES string of the molecule is Cc1nc2ccccc2c(C(=O)O)c1C(=O)Nc1ccccc1. The highest BCUT2D eigenvalue weighted by molar-refractivity contribution is 6.16. The number of carbonyl (C=O) groups is 2. The van der Waals surface area contributed by atoms with Gasteiger partial charge in [-0.2, -0.15) is 0 Å². The molecular formula is C18H14N2O3. The maximum atomic E-state index is 12.6. The predicted molar refractivity (Wildman–Crippen MR) is 87.8 cm³/mol. The lowest BCUT2D eigenvalue weighted by Gasteiger charge is -2.12. The maximum absolute atomic E-state index is 12.6. The maximum Gasteiger partial charge on any atom is 0.337 e. The van der Waals surface area contributed by atoms with Crippen LogP contribution in [0.4, 0.5) is 5.69 Å². The minimum atomic E-state index is -1.15. The van der Waals surface area contributed by atoms with E-state index in [1.807, 2.05) is 6.07 Å². The van der Waals surface area contributed by atoms with Crippen molar-refractivity contribution >= 4 is 28.5 Å². The number of anilines is 1. The first-order valence-corrected chi connectivity index (χ1v) is 7.07. The Hall–Kier alpha value is -3.21. The zero-order chi connectivity index (χ0) is 16.4. The number of aromatic nitrogens is 1. The van der Waals surface area contributed by atoms with Crippen LogP contribution >= 0.6 is 0 Å². The highest BCUT2D eigenvalue weighted by atomic mass is 16.4. The fourth-order valence-electron chi connectivity index (χ4n) is 2.55. The Morgan fingerprint density at radius 3 is 2.30 bits per heavy atom. The predicted octanol–water partition coefficient (Wildman–Crippen LogP) is 3.49. The summed E-state index contributed by atoms with van der Waals surface area (Å²) >= 11 is 0. The van der Waals surface area contributed by atoms with E-state index in [0.717, 1.165) is 0 Å². The number of fused-ring (bicyclic) bond motifs is 1. The number of carboxylic acid groups (broad SMARTS) is 1. The average Bonchev–Trinajstić information content (AvgIpc) is 2.54. The van der Waals surface area contributed by atoms with Gasteiger partial charge in [-0.15, -0.1) is 0 Å². The van der Waals surface area contributed by atoms with Gasteiger partial charge in [-0.3, -0.25) is 9.78 Å². The molecule has 3 aromatic rings. The van der Waals surface area contributed by atoms with Crippen LogP contribution < -0.4 is 5.32 Å². The van der Waals surface area contributed by atoms with E-state index in [4.69, 9.17) is 0 Å². The van der Waals surface area contributed by atoms with Gasteiger partial charge in [0.25, 0.3) is 5.91 Å². The number of amides is 1. The standard InChI is InChI=1S/C18H14N2O3/c1-11-15(17(21)20-12-7-3-2-4-8-12)16(18(22)23)13-9-5-6-10-14(13)19-11/h2-10H,1H3,(H,20,21)(H,22,23). The Balaban J connectivity index is 2.16. The summed E-state index contributed by atoms with van der Waals surface area (Å²) in [5, 5.41) is 12.8. The number of pyridine rings is 1. The number of aromatic carboxylic acids is 1. The van der Waals surface area contributed by atoms with Crippen molar-refractivity contribution in [2.24, 2.45) is 0 Å². The van der Waals surface area contributed by atoms with Gasteiger partial charge in [-0.25, -0.2) is 4.79 Å². The Labute approximate surface area is 132 Å². The molecule has 0 aliphatic rings. The molecule has 5 nitrogen and oxygen atoms in total. The lowest BCUT2D eigenvalue weighted by atomic mass is 10.00. The zero-order valence-corrected chi connectivity index (χ0v) is 12.4. The normalized spacial score (nSPS) is 10.5. The number of rotatable bonds is 3. The fourth-order valence-corrected chi connectivity index (χ4v) is 2.55. The number of hydrogen-bond acceptors (Lipinski definition) is 3. The summed E-state index contributed by atoms with van der Waals surface area (Å²) in [6.07, 6.45) is 0. The monoisotopic (exact) mass is 306 g/mol. The van der Waals surface area contributed by atoms with Crippen molar-refractivity contribution in [1.82, 2.24) is 4.98 Å². The van der Waals surface area contributed by atoms with Gasteiger partial charge in [-0.05, 0) is 25.1 Å². The molecule has 3 rings (SSSR count). The fraction of sp³-hybridized carbons (Fsp3) is 0.0556. The van der Waals surface area contributed by atoms with Crippen LogP contribution in [0.5, 0.6) is 0 Å². The number of carbonyl (C=O) groups excluding carboxylic acids is 1. The van der Waals surface area contributed by atoms with Gasteiger partial charge in [-0.1, -0.05) is 36.4 Å². The van der Waals surface area contributed by atoms with Crippen molar-refractivity contribution in [1.29, 1.82) is 0 Å². The number of carboxylic acids is 1. The largest absolute Gasteiger partial charge is 0.478 e. The third-order valence-corrected chi connectivity index (χ3v) is 3.55. The molecule has 0 radical (unpaired) electrons. The average molecular weight is 306 g/mol. The molecule has 0 aliphatic carbocycles. The number of para-hydroxylation sites is 2. The third-order valence-electron chi connectivity index (χ3n) is 3.55. The topological polar surface area (TPSA) is 79.3 Å². The quantitative estimate of drug-likeness (QED) is 0.776. The van der Waals surface area contributed by atoms with E-state index in [2.05, 4.69) is 10.3 Å². The van der Waals surface area contributed by atoms with Gasteiger partial charge >= 0.3 is 5.97 Å². The number of benzene rings is 2. The lowest BCUT2D eigenvalue weighted by molar-refractivity contribution is 0.0694. The van der Waals surface area contributed by atoms with Crippen LogP contribution in [-0.2, 0) is 0 Å². The van der Waals surface area contributed by atoms with E-state index in [0.29, 0.717) is 22.3 Å². The summed E-state index contributed by atoms with van der Waals surface area (Å²) in [6, 6.07) is 15.8. The highest BCUT2D eigenvalue weighted by Crippen LogP contribution is 2.24. The van der Waals surface area contributed by atoms with Crippen LogP contribution in [0.3, 0.4) is 0 Å². The van der Waals surface area contributed by atoms with Crippen molar-refractivity contribution < 1.29 is 14.7 Å². The van der Waals surface area contributed by atoms with E-state index in [1.54, 1.807) is 55.5 Å². The number of nitrogens with zero attached hydrogens (tertiary/aromatic N) is 1. The van der Waals surface area contributed by atoms with Crippen LogP contribution in [0.15, 0.2) is 54.6 Å². The smallest absolute Gasteiger partial charge is 0.337 e. The molecule has 1 aromatic heterocycles. The molecule has 0 aliphatic heterocycles. The van der Waals surface area contributed by atoms with E-state index < -0.39 is 11.9 Å². The van der Waals surface area contributed by atoms with Gasteiger partial charge in [0.1, 0.15) is 0 Å². The minimum absolute atomic E-state index is 0.0264. The molecule has 0 bridgehead atoms. The highest BCUT2D eigenvalue weighted by Gasteiger charge is 2.23. The number of aryl methyl sites for hydroxylation is 1. The van der Waals surface area contributed by atoms with Crippen molar-refractivity contribution in [3.05, 3.63) is 71.4 Å². The molecule has 0 saturated carbocycles. The minimum Gasteiger partial charge on any atom is -0.478 e. The Morgan fingerprint density at radius 2 is 1.61 bits per heavy atom. The van der Waals surface area contributed by atoms with Crippen molar-refractivity contribution in [3.63, 3.8) is 0 Å². The van der Waals surface area contributed by atoms with Crippen molar-refractivity contribution in [3.8, 4) is 0 Å². The summed E-state index contributed by atoms with van der Waals surface area (Å²) < 4.78 is 0. The second-order valence-electron chi connectivity index (χ2n) is 5.09. The van der Waals surface area contributed by atoms with Gasteiger partial charge in [0.2, 0.25) is 0 Å². The molecule has 1 amide bonds. The summed E-state index contributed by atoms with van der Waals surface area (Å²) in [5.41, 5.74) is 1.59. The second-order valence-corrected chi connectivity index (χ2v) is 5.09. The van der Waals surface area contributed by atoms with Crippen LogP contribution in [0, 0.1) is 6.92 Å². The molecule has 23 heavy (non-hydrogen) atoms. The molecule has 2 N–H and O–H groups in total. The van der Waals surface area contributed by atoms with Gasteiger partial charge in [0, 0.05) is 11.1 Å². The summed E-state index contributed by atoms with van der Waals surface area (Å²) in [4.78, 5) is 28.7. The summed E-state index contributed by atoms with van der Waals surface area (Å²) in [7, 11) is 0. The number of nitrogens with one attached hydrogen (secondary N) is 1. The van der Waals surface area contributed by atoms with Gasteiger partial charge in [0.15, 0.2) is 0 Å². The molecule has 114 valence electrons. The summed E-state index contributed by atoms with van der Waals surface area (Å²) in [5.74, 6) is -1.63. The third kappa shape index (κ3) is 2.76. The second kappa shape index (κ2) is 5.88. The van der Waals surface area contributed by atoms with E-state index in [9.17, 15) is 14.7 Å². The Morgan fingerprint density at radius 1 is 0.957 bits per heavy atom. The Bertz CT molecular complexity index is 905. The van der Waals surface area contributed by atoms with Crippen molar-refractivity contribution in [2.75, 3.05) is 5.32 Å². The van der Waals surface area contributed by atoms with Crippen LogP contribution in [0.25, 0.3) is 10.9 Å². The van der Waals surface area contributed by atoms with E-state index in [1.165, 1.54) is 0 Å². The molecule has 0 atom stereocenters. The Kier molecular flexibility index (Phi) is 3.76. The molecule has 0 unspecified atom stereocenters. The molecular weight excluding hydrogens is 292 g/mol. The first kappa shape index (κ1) is 14.7. The molecule has 1 heterocycles. The molecule has 5 heteroatoms. The summed E-state index contributed by atoms with van der Waals surface area (Å²) in [6.45, 7) is 1.64. The van der Waals surface area contributed by atoms with Gasteiger partial charge < -0.3 is 10.4 Å². The first-order chi connectivity index (χ1) is 11.1. The van der Waals surface area contributed by atoms with Crippen molar-refractivity contribution in [2.45, 2.75) is 6.92 Å². The van der Waals surface area contributed by atoms with E-state index >= 15 is 0 Å². The molecule has 0 spiro atoms. The zero-order valence-electron chi connectivity index (χ0n) is 12.4. The molecule has 2 aromatic carbocycles. The van der Waals surface area contributed by atoms with Gasteiger partial charge in [0.05, 0.1) is 22.3 Å². The van der Waals surface area contributed by atoms with E-state index in [-0.39, 0.29) is 11.1 Å². The number of hydrogen-bond donors (Lipinski definition) is 2. The first-order valence-electron chi connectivity index (χ1n) is 7.07.